The number of hydrogen-bond donors (Lipinski definition) is 1. The second kappa shape index (κ2) is 4.83. The first-order valence-corrected chi connectivity index (χ1v) is 5.44. The molecule has 1 aromatic heterocycles. The summed E-state index contributed by atoms with van der Waals surface area (Å²) in [6.45, 7) is 3.31. The van der Waals surface area contributed by atoms with E-state index in [-0.39, 0.29) is 11.7 Å². The van der Waals surface area contributed by atoms with E-state index >= 15 is 0 Å². The van der Waals surface area contributed by atoms with Crippen molar-refractivity contribution in [2.75, 3.05) is 5.73 Å². The van der Waals surface area contributed by atoms with E-state index in [9.17, 15) is 4.79 Å². The fourth-order valence-electron chi connectivity index (χ4n) is 1.46. The number of rotatable bonds is 3. The van der Waals surface area contributed by atoms with Crippen LogP contribution in [0.5, 0.6) is 11.5 Å². The lowest BCUT2D eigenvalue weighted by Crippen LogP contribution is -1.98. The molecule has 0 saturated heterocycles. The molecule has 0 aliphatic heterocycles. The number of aryl methyl sites for hydroxylation is 1. The highest BCUT2D eigenvalue weighted by Crippen LogP contribution is 2.23. The molecule has 0 spiro atoms. The van der Waals surface area contributed by atoms with Crippen molar-refractivity contribution in [2.45, 2.75) is 13.8 Å². The van der Waals surface area contributed by atoms with Crippen molar-refractivity contribution >= 4 is 11.7 Å². The van der Waals surface area contributed by atoms with Crippen LogP contribution in [0.25, 0.3) is 0 Å². The number of anilines is 1. The third-order valence-corrected chi connectivity index (χ3v) is 2.44. The third-order valence-electron chi connectivity index (χ3n) is 2.44. The molecule has 18 heavy (non-hydrogen) atoms. The van der Waals surface area contributed by atoms with Gasteiger partial charge in [-0.2, -0.15) is 0 Å². The van der Waals surface area contributed by atoms with E-state index in [1.807, 2.05) is 0 Å². The monoisotopic (exact) mass is 243 g/mol. The highest BCUT2D eigenvalue weighted by atomic mass is 16.5. The van der Waals surface area contributed by atoms with Gasteiger partial charge >= 0.3 is 0 Å². The Labute approximate surface area is 105 Å². The van der Waals surface area contributed by atoms with Crippen molar-refractivity contribution in [3.05, 3.63) is 41.7 Å². The van der Waals surface area contributed by atoms with Crippen LogP contribution in [0, 0.1) is 6.92 Å². The van der Waals surface area contributed by atoms with E-state index in [2.05, 4.69) is 9.97 Å². The van der Waals surface area contributed by atoms with Gasteiger partial charge in [-0.3, -0.25) is 4.79 Å². The molecule has 0 saturated carbocycles. The first-order chi connectivity index (χ1) is 8.56. The first kappa shape index (κ1) is 12.0. The Morgan fingerprint density at radius 2 is 1.94 bits per heavy atom. The SMILES string of the molecule is CC(=O)c1ccc(Oc2cnc(N)nc2C)cc1. The quantitative estimate of drug-likeness (QED) is 0.837. The van der Waals surface area contributed by atoms with Crippen molar-refractivity contribution in [2.24, 2.45) is 0 Å². The summed E-state index contributed by atoms with van der Waals surface area (Å²) in [5.41, 5.74) is 6.77. The normalized spacial score (nSPS) is 10.1. The van der Waals surface area contributed by atoms with E-state index in [0.29, 0.717) is 22.8 Å². The molecule has 2 N–H and O–H groups in total. The minimum Gasteiger partial charge on any atom is -0.454 e. The Hall–Kier alpha value is -2.43. The molecule has 92 valence electrons. The largest absolute Gasteiger partial charge is 0.454 e. The summed E-state index contributed by atoms with van der Waals surface area (Å²) < 4.78 is 5.61. The predicted molar refractivity (Wildman–Crippen MR) is 67.7 cm³/mol. The Kier molecular flexibility index (Phi) is 3.23. The van der Waals surface area contributed by atoms with Gasteiger partial charge in [0.1, 0.15) is 5.75 Å². The number of Topliss-reactive ketones (excluding diaryl/α,β-unsaturated/α-hetero) is 1. The maximum absolute atomic E-state index is 11.1. The highest BCUT2D eigenvalue weighted by Gasteiger charge is 2.05. The zero-order valence-electron chi connectivity index (χ0n) is 10.2. The zero-order valence-corrected chi connectivity index (χ0v) is 10.2. The first-order valence-electron chi connectivity index (χ1n) is 5.44. The maximum atomic E-state index is 11.1. The molecular formula is C13H13N3O2. The number of ketones is 1. The summed E-state index contributed by atoms with van der Waals surface area (Å²) in [6.07, 6.45) is 1.52. The van der Waals surface area contributed by atoms with Crippen molar-refractivity contribution in [3.63, 3.8) is 0 Å². The highest BCUT2D eigenvalue weighted by molar-refractivity contribution is 5.94. The molecule has 0 aliphatic rings. The number of hydrogen-bond acceptors (Lipinski definition) is 5. The molecule has 1 heterocycles. The smallest absolute Gasteiger partial charge is 0.220 e. The molecular weight excluding hydrogens is 230 g/mol. The number of carbonyl (C=O) groups excluding carboxylic acids is 1. The predicted octanol–water partition coefficient (Wildman–Crippen LogP) is 2.36. The van der Waals surface area contributed by atoms with Gasteiger partial charge in [0, 0.05) is 5.56 Å². The lowest BCUT2D eigenvalue weighted by Gasteiger charge is -2.08. The van der Waals surface area contributed by atoms with Crippen LogP contribution in [-0.4, -0.2) is 15.8 Å². The maximum Gasteiger partial charge on any atom is 0.220 e. The molecule has 5 heteroatoms. The third kappa shape index (κ3) is 2.63. The van der Waals surface area contributed by atoms with Crippen LogP contribution >= 0.6 is 0 Å². The summed E-state index contributed by atoms with van der Waals surface area (Å²) in [5, 5.41) is 0. The fraction of sp³-hybridized carbons (Fsp3) is 0.154. The van der Waals surface area contributed by atoms with Gasteiger partial charge in [-0.1, -0.05) is 0 Å². The Morgan fingerprint density at radius 1 is 1.28 bits per heavy atom. The molecule has 0 fully saturated rings. The second-order valence-electron chi connectivity index (χ2n) is 3.86. The molecule has 2 rings (SSSR count). The summed E-state index contributed by atoms with van der Waals surface area (Å²) >= 11 is 0. The molecule has 1 aromatic carbocycles. The van der Waals surface area contributed by atoms with E-state index in [1.165, 1.54) is 13.1 Å². The van der Waals surface area contributed by atoms with Gasteiger partial charge in [0.25, 0.3) is 0 Å². The summed E-state index contributed by atoms with van der Waals surface area (Å²) in [7, 11) is 0. The van der Waals surface area contributed by atoms with Gasteiger partial charge < -0.3 is 10.5 Å². The van der Waals surface area contributed by atoms with Crippen LogP contribution in [0.15, 0.2) is 30.5 Å². The summed E-state index contributed by atoms with van der Waals surface area (Å²) in [5.74, 6) is 1.40. The van der Waals surface area contributed by atoms with Crippen LogP contribution in [0.2, 0.25) is 0 Å². The van der Waals surface area contributed by atoms with Gasteiger partial charge in [-0.25, -0.2) is 9.97 Å². The van der Waals surface area contributed by atoms with E-state index in [1.54, 1.807) is 31.2 Å². The van der Waals surface area contributed by atoms with Gasteiger partial charge in [-0.15, -0.1) is 0 Å². The van der Waals surface area contributed by atoms with Crippen molar-refractivity contribution in [3.8, 4) is 11.5 Å². The number of benzene rings is 1. The van der Waals surface area contributed by atoms with Crippen molar-refractivity contribution in [1.29, 1.82) is 0 Å². The Bertz CT molecular complexity index is 579. The average Bonchev–Trinajstić information content (AvgIpc) is 2.33. The minimum absolute atomic E-state index is 0.0218. The zero-order chi connectivity index (χ0) is 13.1. The van der Waals surface area contributed by atoms with Gasteiger partial charge in [0.15, 0.2) is 11.5 Å². The van der Waals surface area contributed by atoms with Crippen LogP contribution in [-0.2, 0) is 0 Å². The Morgan fingerprint density at radius 3 is 2.50 bits per heavy atom. The van der Waals surface area contributed by atoms with E-state index in [0.717, 1.165) is 0 Å². The Balaban J connectivity index is 2.21. The molecule has 0 aliphatic carbocycles. The molecule has 0 atom stereocenters. The number of aromatic nitrogens is 2. The molecule has 0 radical (unpaired) electrons. The summed E-state index contributed by atoms with van der Waals surface area (Å²) in [4.78, 5) is 19.0. The molecule has 2 aromatic rings. The van der Waals surface area contributed by atoms with Crippen molar-refractivity contribution in [1.82, 2.24) is 9.97 Å². The van der Waals surface area contributed by atoms with Crippen LogP contribution < -0.4 is 10.5 Å². The number of nitrogen functional groups attached to an aromatic ring is 1. The summed E-state index contributed by atoms with van der Waals surface area (Å²) in [6, 6.07) is 6.88. The van der Waals surface area contributed by atoms with Gasteiger partial charge in [0.2, 0.25) is 5.95 Å². The number of carbonyl (C=O) groups is 1. The van der Waals surface area contributed by atoms with Crippen LogP contribution in [0.1, 0.15) is 23.0 Å². The number of nitrogens with two attached hydrogens (primary N) is 1. The standard InChI is InChI=1S/C13H13N3O2/c1-8-12(7-15-13(14)16-8)18-11-5-3-10(4-6-11)9(2)17/h3-7H,1-2H3,(H2,14,15,16). The molecule has 0 bridgehead atoms. The lowest BCUT2D eigenvalue weighted by atomic mass is 10.1. The van der Waals surface area contributed by atoms with Crippen molar-refractivity contribution < 1.29 is 9.53 Å². The molecule has 5 nitrogen and oxygen atoms in total. The van der Waals surface area contributed by atoms with Gasteiger partial charge in [0.05, 0.1) is 11.9 Å². The van der Waals surface area contributed by atoms with Crippen LogP contribution in [0.3, 0.4) is 0 Å². The number of ether oxygens (including phenoxy) is 1. The fourth-order valence-corrected chi connectivity index (χ4v) is 1.46. The van der Waals surface area contributed by atoms with Gasteiger partial charge in [-0.05, 0) is 38.1 Å². The molecule has 0 unspecified atom stereocenters. The molecule has 0 amide bonds. The minimum atomic E-state index is 0.0218. The number of nitrogens with zero attached hydrogens (tertiary/aromatic N) is 2. The topological polar surface area (TPSA) is 78.1 Å². The van der Waals surface area contributed by atoms with Crippen LogP contribution in [0.4, 0.5) is 5.95 Å². The average molecular weight is 243 g/mol. The lowest BCUT2D eigenvalue weighted by molar-refractivity contribution is 0.101. The second-order valence-corrected chi connectivity index (χ2v) is 3.86. The van der Waals surface area contributed by atoms with E-state index in [4.69, 9.17) is 10.5 Å². The van der Waals surface area contributed by atoms with E-state index < -0.39 is 0 Å².